The first-order chi connectivity index (χ1) is 11.1. The number of aryl methyl sites for hydroxylation is 1. The molecule has 5 nitrogen and oxygen atoms in total. The van der Waals surface area contributed by atoms with E-state index < -0.39 is 0 Å². The van der Waals surface area contributed by atoms with Crippen molar-refractivity contribution in [2.45, 2.75) is 49.9 Å². The standard InChI is InChI=1S/C17H24N2O3S/c1-12-6-15(22-18-12)16(20)19-10-17(11-19)7-14(9-23-17)21-8-13-4-2-3-5-13/h6,13-14H,2-5,7-11H2,1H3/t14-/m0/s1. The van der Waals surface area contributed by atoms with Gasteiger partial charge in [0.05, 0.1) is 16.5 Å². The maximum absolute atomic E-state index is 12.3. The van der Waals surface area contributed by atoms with E-state index in [2.05, 4.69) is 5.16 Å². The monoisotopic (exact) mass is 336 g/mol. The molecule has 1 saturated carbocycles. The number of thioether (sulfide) groups is 1. The second-order valence-corrected chi connectivity index (χ2v) is 8.79. The van der Waals surface area contributed by atoms with Crippen molar-refractivity contribution < 1.29 is 14.1 Å². The summed E-state index contributed by atoms with van der Waals surface area (Å²) in [6.45, 7) is 4.37. The van der Waals surface area contributed by atoms with E-state index in [1.807, 2.05) is 23.6 Å². The lowest BCUT2D eigenvalue weighted by Gasteiger charge is -2.47. The van der Waals surface area contributed by atoms with E-state index in [0.717, 1.165) is 43.5 Å². The highest BCUT2D eigenvalue weighted by Gasteiger charge is 2.51. The Hall–Kier alpha value is -1.01. The number of amides is 1. The topological polar surface area (TPSA) is 55.6 Å². The molecule has 1 amide bonds. The van der Waals surface area contributed by atoms with Crippen molar-refractivity contribution in [2.24, 2.45) is 5.92 Å². The van der Waals surface area contributed by atoms with E-state index in [9.17, 15) is 4.79 Å². The zero-order chi connectivity index (χ0) is 15.9. The molecule has 0 unspecified atom stereocenters. The van der Waals surface area contributed by atoms with Gasteiger partial charge in [-0.05, 0) is 32.1 Å². The number of carbonyl (C=O) groups excluding carboxylic acids is 1. The van der Waals surface area contributed by atoms with Gasteiger partial charge >= 0.3 is 0 Å². The predicted molar refractivity (Wildman–Crippen MR) is 88.6 cm³/mol. The third kappa shape index (κ3) is 3.15. The molecule has 3 aliphatic rings. The number of ether oxygens (including phenoxy) is 1. The van der Waals surface area contributed by atoms with Crippen LogP contribution >= 0.6 is 11.8 Å². The fraction of sp³-hybridized carbons (Fsp3) is 0.765. The van der Waals surface area contributed by atoms with Crippen LogP contribution in [0.1, 0.15) is 48.4 Å². The molecule has 1 aliphatic carbocycles. The summed E-state index contributed by atoms with van der Waals surface area (Å²) in [5, 5.41) is 3.79. The largest absolute Gasteiger partial charge is 0.377 e. The minimum atomic E-state index is -0.0350. The van der Waals surface area contributed by atoms with Crippen molar-refractivity contribution in [3.63, 3.8) is 0 Å². The summed E-state index contributed by atoms with van der Waals surface area (Å²) in [7, 11) is 0. The van der Waals surface area contributed by atoms with Gasteiger partial charge in [0.15, 0.2) is 0 Å². The third-order valence-electron chi connectivity index (χ3n) is 5.30. The number of nitrogens with zero attached hydrogens (tertiary/aromatic N) is 2. The van der Waals surface area contributed by atoms with Gasteiger partial charge in [0.2, 0.25) is 5.76 Å². The Labute approximate surface area is 141 Å². The van der Waals surface area contributed by atoms with Crippen LogP contribution in [0.5, 0.6) is 0 Å². The molecule has 0 radical (unpaired) electrons. The van der Waals surface area contributed by atoms with Crippen molar-refractivity contribution in [1.82, 2.24) is 10.1 Å². The molecule has 0 aromatic carbocycles. The average molecular weight is 336 g/mol. The maximum Gasteiger partial charge on any atom is 0.292 e. The summed E-state index contributed by atoms with van der Waals surface area (Å²) >= 11 is 1.98. The fourth-order valence-electron chi connectivity index (χ4n) is 3.99. The minimum Gasteiger partial charge on any atom is -0.377 e. The molecule has 0 N–H and O–H groups in total. The Morgan fingerprint density at radius 1 is 1.48 bits per heavy atom. The van der Waals surface area contributed by atoms with Gasteiger partial charge in [-0.2, -0.15) is 0 Å². The van der Waals surface area contributed by atoms with Gasteiger partial charge in [-0.3, -0.25) is 4.79 Å². The molecule has 23 heavy (non-hydrogen) atoms. The van der Waals surface area contributed by atoms with Crippen molar-refractivity contribution in [3.05, 3.63) is 17.5 Å². The Kier molecular flexibility index (Phi) is 4.13. The lowest BCUT2D eigenvalue weighted by Crippen LogP contribution is -2.60. The number of hydrogen-bond donors (Lipinski definition) is 0. The number of hydrogen-bond acceptors (Lipinski definition) is 5. The summed E-state index contributed by atoms with van der Waals surface area (Å²) in [5.41, 5.74) is 0.749. The molecule has 1 aromatic rings. The molecule has 2 saturated heterocycles. The highest BCUT2D eigenvalue weighted by molar-refractivity contribution is 8.01. The molecule has 4 rings (SSSR count). The summed E-state index contributed by atoms with van der Waals surface area (Å²) in [5.74, 6) is 2.17. The van der Waals surface area contributed by atoms with Crippen LogP contribution in [0.3, 0.4) is 0 Å². The van der Waals surface area contributed by atoms with Crippen LogP contribution in [-0.2, 0) is 4.74 Å². The van der Waals surface area contributed by atoms with Gasteiger partial charge in [0.1, 0.15) is 0 Å². The molecule has 3 fully saturated rings. The normalized spacial score (nSPS) is 26.8. The van der Waals surface area contributed by atoms with Crippen LogP contribution in [0.4, 0.5) is 0 Å². The van der Waals surface area contributed by atoms with Crippen molar-refractivity contribution in [2.75, 3.05) is 25.4 Å². The van der Waals surface area contributed by atoms with E-state index >= 15 is 0 Å². The number of likely N-dealkylation sites (tertiary alicyclic amines) is 1. The van der Waals surface area contributed by atoms with E-state index in [0.29, 0.717) is 11.9 Å². The molecule has 1 aromatic heterocycles. The van der Waals surface area contributed by atoms with E-state index in [1.54, 1.807) is 6.07 Å². The van der Waals surface area contributed by atoms with Gasteiger partial charge in [0.25, 0.3) is 5.91 Å². The fourth-order valence-corrected chi connectivity index (χ4v) is 5.54. The van der Waals surface area contributed by atoms with Crippen LogP contribution in [0.15, 0.2) is 10.6 Å². The van der Waals surface area contributed by atoms with Gasteiger partial charge < -0.3 is 14.2 Å². The summed E-state index contributed by atoms with van der Waals surface area (Å²) < 4.78 is 11.4. The smallest absolute Gasteiger partial charge is 0.292 e. The van der Waals surface area contributed by atoms with Gasteiger partial charge in [-0.1, -0.05) is 18.0 Å². The van der Waals surface area contributed by atoms with E-state index in [4.69, 9.17) is 9.26 Å². The molecule has 3 heterocycles. The average Bonchev–Trinajstić information content (AvgIpc) is 3.23. The highest BCUT2D eigenvalue weighted by Crippen LogP contribution is 2.46. The Morgan fingerprint density at radius 3 is 2.96 bits per heavy atom. The van der Waals surface area contributed by atoms with Crippen LogP contribution < -0.4 is 0 Å². The summed E-state index contributed by atoms with van der Waals surface area (Å²) in [6, 6.07) is 1.71. The maximum atomic E-state index is 12.3. The first-order valence-electron chi connectivity index (χ1n) is 8.62. The molecule has 6 heteroatoms. The quantitative estimate of drug-likeness (QED) is 0.846. The third-order valence-corrected chi connectivity index (χ3v) is 6.88. The first-order valence-corrected chi connectivity index (χ1v) is 9.60. The second-order valence-electron chi connectivity index (χ2n) is 7.30. The number of rotatable bonds is 4. The van der Waals surface area contributed by atoms with Crippen molar-refractivity contribution >= 4 is 17.7 Å². The summed E-state index contributed by atoms with van der Waals surface area (Å²) in [6.07, 6.45) is 6.85. The molecule has 1 spiro atoms. The Morgan fingerprint density at radius 2 is 2.26 bits per heavy atom. The molecule has 2 aliphatic heterocycles. The molecular weight excluding hydrogens is 312 g/mol. The molecule has 0 bridgehead atoms. The lowest BCUT2D eigenvalue weighted by molar-refractivity contribution is 0.0186. The second kappa shape index (κ2) is 6.13. The van der Waals surface area contributed by atoms with Crippen molar-refractivity contribution in [1.29, 1.82) is 0 Å². The molecular formula is C17H24N2O3S. The SMILES string of the molecule is Cc1cc(C(=O)N2CC3(C[C@H](OCC4CCCC4)CS3)C2)on1. The van der Waals surface area contributed by atoms with E-state index in [1.165, 1.54) is 25.7 Å². The zero-order valence-corrected chi connectivity index (χ0v) is 14.4. The molecule has 126 valence electrons. The van der Waals surface area contributed by atoms with E-state index in [-0.39, 0.29) is 10.7 Å². The van der Waals surface area contributed by atoms with Gasteiger partial charge in [-0.15, -0.1) is 11.8 Å². The van der Waals surface area contributed by atoms with Crippen LogP contribution in [0.25, 0.3) is 0 Å². The summed E-state index contributed by atoms with van der Waals surface area (Å²) in [4.78, 5) is 14.2. The van der Waals surface area contributed by atoms with Gasteiger partial charge in [0, 0.05) is 31.5 Å². The highest BCUT2D eigenvalue weighted by atomic mass is 32.2. The zero-order valence-electron chi connectivity index (χ0n) is 13.6. The Balaban J connectivity index is 1.25. The van der Waals surface area contributed by atoms with Crippen LogP contribution in [0, 0.1) is 12.8 Å². The van der Waals surface area contributed by atoms with Crippen LogP contribution in [-0.4, -0.2) is 52.3 Å². The molecule has 1 atom stereocenters. The van der Waals surface area contributed by atoms with Crippen LogP contribution in [0.2, 0.25) is 0 Å². The number of carbonyl (C=O) groups is 1. The van der Waals surface area contributed by atoms with Crippen molar-refractivity contribution in [3.8, 4) is 0 Å². The number of aromatic nitrogens is 1. The van der Waals surface area contributed by atoms with Gasteiger partial charge in [-0.25, -0.2) is 0 Å². The Bertz CT molecular complexity index is 576. The lowest BCUT2D eigenvalue weighted by atomic mass is 9.92. The minimum absolute atomic E-state index is 0.0350. The predicted octanol–water partition coefficient (Wildman–Crippen LogP) is 2.89. The first kappa shape index (κ1) is 15.5.